The minimum Gasteiger partial charge on any atom is -0.359 e. The van der Waals surface area contributed by atoms with Gasteiger partial charge in [-0.1, -0.05) is 0 Å². The third kappa shape index (κ3) is 2.20. The van der Waals surface area contributed by atoms with Gasteiger partial charge in [0.25, 0.3) is 0 Å². The van der Waals surface area contributed by atoms with E-state index < -0.39 is 0 Å². The van der Waals surface area contributed by atoms with E-state index >= 15 is 0 Å². The van der Waals surface area contributed by atoms with Gasteiger partial charge in [0.1, 0.15) is 11.6 Å². The first-order valence-electron chi connectivity index (χ1n) is 6.34. The van der Waals surface area contributed by atoms with Crippen LogP contribution in [0.3, 0.4) is 0 Å². The molecule has 1 aliphatic carbocycles. The third-order valence-electron chi connectivity index (χ3n) is 3.66. The Morgan fingerprint density at radius 3 is 3.00 bits per heavy atom. The maximum Gasteiger partial charge on any atom is 0.349 e. The van der Waals surface area contributed by atoms with E-state index in [0.29, 0.717) is 22.8 Å². The number of H-pyrrole nitrogens is 1. The molecule has 0 bridgehead atoms. The van der Waals surface area contributed by atoms with E-state index in [0.717, 1.165) is 25.2 Å². The number of halogens is 1. The lowest BCUT2D eigenvalue weighted by molar-refractivity contribution is 0.328. The number of nitrogens with zero attached hydrogens (tertiary/aromatic N) is 4. The van der Waals surface area contributed by atoms with Gasteiger partial charge in [-0.05, 0) is 25.7 Å². The molecule has 0 aliphatic heterocycles. The Kier molecular flexibility index (Phi) is 2.97. The van der Waals surface area contributed by atoms with E-state index in [1.807, 2.05) is 13.1 Å². The van der Waals surface area contributed by atoms with Crippen molar-refractivity contribution in [1.82, 2.24) is 19.6 Å². The van der Waals surface area contributed by atoms with Crippen molar-refractivity contribution < 1.29 is 0 Å². The lowest BCUT2D eigenvalue weighted by atomic mass is 9.84. The van der Waals surface area contributed by atoms with Crippen molar-refractivity contribution in [2.75, 3.05) is 18.5 Å². The van der Waals surface area contributed by atoms with Crippen LogP contribution < -0.4 is 10.6 Å². The zero-order valence-corrected chi connectivity index (χ0v) is 11.7. The number of alkyl halides is 1. The van der Waals surface area contributed by atoms with Gasteiger partial charge in [0.2, 0.25) is 0 Å². The summed E-state index contributed by atoms with van der Waals surface area (Å²) >= 11 is 5.99. The van der Waals surface area contributed by atoms with E-state index in [2.05, 4.69) is 20.1 Å². The van der Waals surface area contributed by atoms with Crippen LogP contribution >= 0.6 is 11.6 Å². The molecule has 1 aliphatic rings. The first-order chi connectivity index (χ1) is 9.04. The predicted molar refractivity (Wildman–Crippen MR) is 74.0 cm³/mol. The molecule has 2 aromatic heterocycles. The van der Waals surface area contributed by atoms with Crippen molar-refractivity contribution in [2.24, 2.45) is 5.92 Å². The highest BCUT2D eigenvalue weighted by molar-refractivity contribution is 6.21. The summed E-state index contributed by atoms with van der Waals surface area (Å²) in [4.78, 5) is 18.1. The second-order valence-electron chi connectivity index (χ2n) is 5.20. The normalized spacial score (nSPS) is 22.5. The summed E-state index contributed by atoms with van der Waals surface area (Å²) in [5.41, 5.74) is 0.348. The molecule has 0 unspecified atom stereocenters. The van der Waals surface area contributed by atoms with Crippen LogP contribution in [0.25, 0.3) is 5.65 Å². The smallest absolute Gasteiger partial charge is 0.349 e. The van der Waals surface area contributed by atoms with E-state index in [-0.39, 0.29) is 5.69 Å². The average Bonchev–Trinajstić information content (AvgIpc) is 2.69. The Balaban J connectivity index is 1.86. The highest BCUT2D eigenvalue weighted by atomic mass is 35.5. The average molecular weight is 282 g/mol. The molecular formula is C12H16ClN5O. The molecule has 3 rings (SSSR count). The highest BCUT2D eigenvalue weighted by Gasteiger charge is 2.28. The van der Waals surface area contributed by atoms with Crippen LogP contribution in [-0.4, -0.2) is 38.6 Å². The van der Waals surface area contributed by atoms with Crippen molar-refractivity contribution in [2.45, 2.75) is 25.1 Å². The van der Waals surface area contributed by atoms with Gasteiger partial charge in [-0.15, -0.1) is 11.6 Å². The fourth-order valence-corrected chi connectivity index (χ4v) is 3.07. The predicted octanol–water partition coefficient (Wildman–Crippen LogP) is 1.18. The molecule has 102 valence electrons. The molecule has 19 heavy (non-hydrogen) atoms. The van der Waals surface area contributed by atoms with E-state index in [4.69, 9.17) is 11.6 Å². The van der Waals surface area contributed by atoms with Crippen LogP contribution in [0, 0.1) is 12.8 Å². The van der Waals surface area contributed by atoms with Crippen LogP contribution in [0.5, 0.6) is 0 Å². The molecule has 6 nitrogen and oxygen atoms in total. The summed E-state index contributed by atoms with van der Waals surface area (Å²) in [7, 11) is 2.00. The van der Waals surface area contributed by atoms with Crippen molar-refractivity contribution >= 4 is 23.1 Å². The molecular weight excluding hydrogens is 266 g/mol. The van der Waals surface area contributed by atoms with Crippen molar-refractivity contribution in [1.29, 1.82) is 0 Å². The van der Waals surface area contributed by atoms with Crippen LogP contribution in [0.1, 0.15) is 18.7 Å². The zero-order chi connectivity index (χ0) is 13.6. The van der Waals surface area contributed by atoms with Gasteiger partial charge >= 0.3 is 5.69 Å². The highest BCUT2D eigenvalue weighted by Crippen LogP contribution is 2.32. The standard InChI is InChI=1S/C12H16ClN5O/c1-7-14-10(5-11-15-16-12(19)18(7)11)17(2)6-8-3-9(13)4-8/h5,8-9H,3-4,6H2,1-2H3,(H,16,19). The van der Waals surface area contributed by atoms with Crippen LogP contribution in [-0.2, 0) is 0 Å². The Morgan fingerprint density at radius 2 is 2.32 bits per heavy atom. The molecule has 2 aromatic rings. The largest absolute Gasteiger partial charge is 0.359 e. The number of hydrogen-bond donors (Lipinski definition) is 1. The van der Waals surface area contributed by atoms with Gasteiger partial charge in [0.05, 0.1) is 0 Å². The molecule has 0 aromatic carbocycles. The van der Waals surface area contributed by atoms with Gasteiger partial charge in [0.15, 0.2) is 5.65 Å². The fourth-order valence-electron chi connectivity index (χ4n) is 2.56. The third-order valence-corrected chi connectivity index (χ3v) is 4.01. The Morgan fingerprint density at radius 1 is 1.58 bits per heavy atom. The molecule has 7 heteroatoms. The summed E-state index contributed by atoms with van der Waals surface area (Å²) in [6.45, 7) is 2.74. The molecule has 1 fully saturated rings. The number of rotatable bonds is 3. The molecule has 0 saturated heterocycles. The SMILES string of the molecule is Cc1nc(N(C)CC2CC(Cl)C2)cc2n[nH]c(=O)n12. The maximum atomic E-state index is 11.5. The summed E-state index contributed by atoms with van der Waals surface area (Å²) in [5, 5.41) is 6.75. The van der Waals surface area contributed by atoms with Gasteiger partial charge in [-0.3, -0.25) is 0 Å². The number of aryl methyl sites for hydroxylation is 1. The summed E-state index contributed by atoms with van der Waals surface area (Å²) < 4.78 is 1.47. The monoisotopic (exact) mass is 281 g/mol. The quantitative estimate of drug-likeness (QED) is 0.858. The van der Waals surface area contributed by atoms with E-state index in [1.165, 1.54) is 4.40 Å². The topological polar surface area (TPSA) is 66.3 Å². The molecule has 0 atom stereocenters. The van der Waals surface area contributed by atoms with Crippen LogP contribution in [0.2, 0.25) is 0 Å². The lowest BCUT2D eigenvalue weighted by Gasteiger charge is -2.34. The molecule has 0 amide bonds. The Labute approximate surface area is 115 Å². The number of aromatic amines is 1. The number of aromatic nitrogens is 4. The number of anilines is 1. The Bertz CT molecular complexity index is 658. The van der Waals surface area contributed by atoms with Crippen molar-refractivity contribution in [3.8, 4) is 0 Å². The minimum absolute atomic E-state index is 0.252. The summed E-state index contributed by atoms with van der Waals surface area (Å²) in [5.74, 6) is 2.11. The zero-order valence-electron chi connectivity index (χ0n) is 10.9. The lowest BCUT2D eigenvalue weighted by Crippen LogP contribution is -2.35. The summed E-state index contributed by atoms with van der Waals surface area (Å²) in [6, 6.07) is 1.82. The first kappa shape index (κ1) is 12.5. The first-order valence-corrected chi connectivity index (χ1v) is 6.78. The molecule has 0 spiro atoms. The number of fused-ring (bicyclic) bond motifs is 1. The summed E-state index contributed by atoms with van der Waals surface area (Å²) in [6.07, 6.45) is 2.13. The van der Waals surface area contributed by atoms with Gasteiger partial charge < -0.3 is 4.90 Å². The van der Waals surface area contributed by atoms with Gasteiger partial charge in [-0.25, -0.2) is 19.3 Å². The molecule has 0 radical (unpaired) electrons. The van der Waals surface area contributed by atoms with Crippen molar-refractivity contribution in [3.05, 3.63) is 22.4 Å². The van der Waals surface area contributed by atoms with E-state index in [1.54, 1.807) is 6.92 Å². The van der Waals surface area contributed by atoms with Gasteiger partial charge in [0, 0.05) is 25.0 Å². The number of hydrogen-bond acceptors (Lipinski definition) is 4. The minimum atomic E-state index is -0.252. The number of nitrogens with one attached hydrogen (secondary N) is 1. The maximum absolute atomic E-state index is 11.5. The second-order valence-corrected chi connectivity index (χ2v) is 5.82. The fraction of sp³-hybridized carbons (Fsp3) is 0.583. The second kappa shape index (κ2) is 4.52. The van der Waals surface area contributed by atoms with Crippen molar-refractivity contribution in [3.63, 3.8) is 0 Å². The van der Waals surface area contributed by atoms with Gasteiger partial charge in [-0.2, -0.15) is 5.10 Å². The molecule has 1 N–H and O–H groups in total. The molecule has 2 heterocycles. The Hall–Kier alpha value is -1.56. The van der Waals surface area contributed by atoms with Crippen LogP contribution in [0.15, 0.2) is 10.9 Å². The van der Waals surface area contributed by atoms with Crippen LogP contribution in [0.4, 0.5) is 5.82 Å². The molecule has 1 saturated carbocycles. The van der Waals surface area contributed by atoms with E-state index in [9.17, 15) is 4.79 Å².